The van der Waals surface area contributed by atoms with E-state index in [-0.39, 0.29) is 0 Å². The minimum atomic E-state index is -4.31. The highest BCUT2D eigenvalue weighted by molar-refractivity contribution is 5.28. The molecule has 1 aromatic carbocycles. The van der Waals surface area contributed by atoms with Gasteiger partial charge in [0.1, 0.15) is 5.75 Å². The second-order valence-electron chi connectivity index (χ2n) is 3.49. The lowest BCUT2D eigenvalue weighted by Gasteiger charge is -2.08. The predicted octanol–water partition coefficient (Wildman–Crippen LogP) is 3.78. The van der Waals surface area contributed by atoms with E-state index < -0.39 is 11.7 Å². The molecule has 0 heterocycles. The average molecular weight is 243 g/mol. The molecule has 0 fully saturated rings. The van der Waals surface area contributed by atoms with Gasteiger partial charge in [-0.1, -0.05) is 0 Å². The summed E-state index contributed by atoms with van der Waals surface area (Å²) in [5.74, 6) is 0.412. The zero-order chi connectivity index (χ0) is 12.7. The number of benzene rings is 1. The third-order valence-corrected chi connectivity index (χ3v) is 2.13. The number of alkyl halides is 3. The fraction of sp³-hybridized carbons (Fsp3) is 0.417. The van der Waals surface area contributed by atoms with Gasteiger partial charge in [0.25, 0.3) is 0 Å². The van der Waals surface area contributed by atoms with Crippen molar-refractivity contribution in [2.75, 3.05) is 6.61 Å². The molecule has 1 aromatic rings. The maximum Gasteiger partial charge on any atom is 0.416 e. The summed E-state index contributed by atoms with van der Waals surface area (Å²) in [4.78, 5) is 0. The molecule has 0 spiro atoms. The van der Waals surface area contributed by atoms with Crippen molar-refractivity contribution in [3.05, 3.63) is 29.8 Å². The van der Waals surface area contributed by atoms with Crippen LogP contribution >= 0.6 is 0 Å². The van der Waals surface area contributed by atoms with Gasteiger partial charge in [0.2, 0.25) is 0 Å². The van der Waals surface area contributed by atoms with E-state index in [1.165, 1.54) is 12.1 Å². The SMILES string of the molecule is N#CCCCCOc1ccc(C(F)(F)F)cc1. The molecule has 0 aliphatic heterocycles. The Bertz CT molecular complexity index is 378. The lowest BCUT2D eigenvalue weighted by atomic mass is 10.2. The van der Waals surface area contributed by atoms with Crippen molar-refractivity contribution >= 4 is 0 Å². The number of hydrogen-bond donors (Lipinski definition) is 0. The van der Waals surface area contributed by atoms with E-state index >= 15 is 0 Å². The van der Waals surface area contributed by atoms with Gasteiger partial charge < -0.3 is 4.74 Å². The predicted molar refractivity (Wildman–Crippen MR) is 56.4 cm³/mol. The summed E-state index contributed by atoms with van der Waals surface area (Å²) in [5.41, 5.74) is -0.686. The quantitative estimate of drug-likeness (QED) is 0.737. The highest BCUT2D eigenvalue weighted by Gasteiger charge is 2.29. The van der Waals surface area contributed by atoms with Gasteiger partial charge in [0, 0.05) is 6.42 Å². The topological polar surface area (TPSA) is 33.0 Å². The number of rotatable bonds is 5. The number of ether oxygens (including phenoxy) is 1. The zero-order valence-corrected chi connectivity index (χ0v) is 9.13. The number of hydrogen-bond acceptors (Lipinski definition) is 2. The lowest BCUT2D eigenvalue weighted by Crippen LogP contribution is -2.04. The summed E-state index contributed by atoms with van der Waals surface area (Å²) in [6.45, 7) is 0.410. The van der Waals surface area contributed by atoms with Crippen molar-refractivity contribution in [1.82, 2.24) is 0 Å². The van der Waals surface area contributed by atoms with E-state index in [1.807, 2.05) is 6.07 Å². The van der Waals surface area contributed by atoms with Crippen LogP contribution in [-0.4, -0.2) is 6.61 Å². The minimum absolute atomic E-state index is 0.410. The Balaban J connectivity index is 2.39. The minimum Gasteiger partial charge on any atom is -0.494 e. The lowest BCUT2D eigenvalue weighted by molar-refractivity contribution is -0.137. The van der Waals surface area contributed by atoms with Gasteiger partial charge in [-0.25, -0.2) is 0 Å². The molecule has 1 rings (SSSR count). The van der Waals surface area contributed by atoms with Crippen LogP contribution in [0, 0.1) is 11.3 Å². The van der Waals surface area contributed by atoms with Crippen LogP contribution in [0.3, 0.4) is 0 Å². The summed E-state index contributed by atoms with van der Waals surface area (Å²) < 4.78 is 42.0. The molecule has 0 bridgehead atoms. The Morgan fingerprint density at radius 2 is 1.76 bits per heavy atom. The van der Waals surface area contributed by atoms with Crippen LogP contribution in [0.4, 0.5) is 13.2 Å². The van der Waals surface area contributed by atoms with Gasteiger partial charge in [-0.2, -0.15) is 18.4 Å². The van der Waals surface area contributed by atoms with E-state index in [2.05, 4.69) is 0 Å². The van der Waals surface area contributed by atoms with Crippen LogP contribution in [0.15, 0.2) is 24.3 Å². The average Bonchev–Trinajstić information content (AvgIpc) is 2.28. The molecule has 0 unspecified atom stereocenters. The Kier molecular flexibility index (Phi) is 4.83. The van der Waals surface area contributed by atoms with Crippen molar-refractivity contribution in [2.45, 2.75) is 25.4 Å². The largest absolute Gasteiger partial charge is 0.494 e. The first kappa shape index (κ1) is 13.4. The van der Waals surface area contributed by atoms with Crippen LogP contribution in [0.1, 0.15) is 24.8 Å². The van der Waals surface area contributed by atoms with Gasteiger partial charge in [-0.05, 0) is 37.1 Å². The maximum atomic E-state index is 12.2. The van der Waals surface area contributed by atoms with Gasteiger partial charge in [-0.15, -0.1) is 0 Å². The van der Waals surface area contributed by atoms with E-state index in [4.69, 9.17) is 10.00 Å². The molecule has 0 aliphatic carbocycles. The molecular weight excluding hydrogens is 231 g/mol. The summed E-state index contributed by atoms with van der Waals surface area (Å²) >= 11 is 0. The molecule has 0 aromatic heterocycles. The molecule has 0 amide bonds. The fourth-order valence-electron chi connectivity index (χ4n) is 1.24. The number of nitriles is 1. The monoisotopic (exact) mass is 243 g/mol. The van der Waals surface area contributed by atoms with Gasteiger partial charge in [0.15, 0.2) is 0 Å². The van der Waals surface area contributed by atoms with Crippen molar-refractivity contribution in [3.63, 3.8) is 0 Å². The summed E-state index contributed by atoms with van der Waals surface area (Å²) in [6, 6.07) is 6.59. The highest BCUT2D eigenvalue weighted by Crippen LogP contribution is 2.30. The molecule has 0 saturated carbocycles. The van der Waals surface area contributed by atoms with E-state index in [1.54, 1.807) is 0 Å². The summed E-state index contributed by atoms with van der Waals surface area (Å²) in [7, 11) is 0. The molecule has 0 saturated heterocycles. The molecule has 92 valence electrons. The molecular formula is C12H12F3NO. The fourth-order valence-corrected chi connectivity index (χ4v) is 1.24. The Labute approximate surface area is 97.6 Å². The Morgan fingerprint density at radius 3 is 2.29 bits per heavy atom. The van der Waals surface area contributed by atoms with Crippen molar-refractivity contribution in [3.8, 4) is 11.8 Å². The van der Waals surface area contributed by atoms with Crippen LogP contribution in [0.25, 0.3) is 0 Å². The molecule has 0 radical (unpaired) electrons. The van der Waals surface area contributed by atoms with Crippen LogP contribution in [0.2, 0.25) is 0 Å². The Hall–Kier alpha value is -1.70. The molecule has 0 N–H and O–H groups in total. The first-order chi connectivity index (χ1) is 8.04. The number of unbranched alkanes of at least 4 members (excludes halogenated alkanes) is 2. The van der Waals surface area contributed by atoms with Crippen molar-refractivity contribution in [1.29, 1.82) is 5.26 Å². The smallest absolute Gasteiger partial charge is 0.416 e. The maximum absolute atomic E-state index is 12.2. The number of nitrogens with zero attached hydrogens (tertiary/aromatic N) is 1. The summed E-state index contributed by atoms with van der Waals surface area (Å²) in [5, 5.41) is 8.29. The standard InChI is InChI=1S/C12H12F3NO/c13-12(14,15)10-4-6-11(7-5-10)17-9-3-1-2-8-16/h4-7H,1-3,9H2. The molecule has 0 aliphatic rings. The first-order valence-corrected chi connectivity index (χ1v) is 5.21. The Morgan fingerprint density at radius 1 is 1.12 bits per heavy atom. The van der Waals surface area contributed by atoms with Crippen molar-refractivity contribution < 1.29 is 17.9 Å². The molecule has 0 atom stereocenters. The normalized spacial score (nSPS) is 10.9. The molecule has 17 heavy (non-hydrogen) atoms. The second kappa shape index (κ2) is 6.14. The number of halogens is 3. The van der Waals surface area contributed by atoms with E-state index in [9.17, 15) is 13.2 Å². The van der Waals surface area contributed by atoms with Crippen LogP contribution < -0.4 is 4.74 Å². The van der Waals surface area contributed by atoms with Gasteiger partial charge >= 0.3 is 6.18 Å². The van der Waals surface area contributed by atoms with Crippen molar-refractivity contribution in [2.24, 2.45) is 0 Å². The van der Waals surface area contributed by atoms with E-state index in [0.717, 1.165) is 18.6 Å². The second-order valence-corrected chi connectivity index (χ2v) is 3.49. The highest BCUT2D eigenvalue weighted by atomic mass is 19.4. The third-order valence-electron chi connectivity index (χ3n) is 2.13. The van der Waals surface area contributed by atoms with Gasteiger partial charge in [0.05, 0.1) is 18.2 Å². The van der Waals surface area contributed by atoms with Gasteiger partial charge in [-0.3, -0.25) is 0 Å². The zero-order valence-electron chi connectivity index (χ0n) is 9.13. The van der Waals surface area contributed by atoms with Crippen LogP contribution in [0.5, 0.6) is 5.75 Å². The van der Waals surface area contributed by atoms with E-state index in [0.29, 0.717) is 25.2 Å². The molecule has 2 nitrogen and oxygen atoms in total. The third kappa shape index (κ3) is 4.77. The first-order valence-electron chi connectivity index (χ1n) is 5.21. The molecule has 5 heteroatoms. The summed E-state index contributed by atoms with van der Waals surface area (Å²) in [6.07, 6.45) is -2.40. The van der Waals surface area contributed by atoms with Crippen LogP contribution in [-0.2, 0) is 6.18 Å².